The number of carbonyl (C=O) groups is 2. The van der Waals surface area contributed by atoms with Crippen LogP contribution in [0.2, 0.25) is 0 Å². The number of carbonyl (C=O) groups excluding carboxylic acids is 2. The summed E-state index contributed by atoms with van der Waals surface area (Å²) in [6, 6.07) is 9.50. The number of amides is 1. The zero-order chi connectivity index (χ0) is 18.7. The van der Waals surface area contributed by atoms with Gasteiger partial charge in [-0.1, -0.05) is 30.3 Å². The normalized spacial score (nSPS) is 11.0. The van der Waals surface area contributed by atoms with Gasteiger partial charge in [0.05, 0.1) is 6.61 Å². The third kappa shape index (κ3) is 9.72. The van der Waals surface area contributed by atoms with Crippen LogP contribution in [0.4, 0.5) is 4.79 Å². The van der Waals surface area contributed by atoms with E-state index in [-0.39, 0.29) is 19.0 Å². The van der Waals surface area contributed by atoms with Gasteiger partial charge in [0.25, 0.3) is 0 Å². The summed E-state index contributed by atoms with van der Waals surface area (Å²) in [4.78, 5) is 25.6. The molecule has 1 aromatic carbocycles. The van der Waals surface area contributed by atoms with Crippen molar-refractivity contribution in [3.8, 4) is 0 Å². The molecule has 25 heavy (non-hydrogen) atoms. The number of rotatable bonds is 9. The Labute approximate surface area is 150 Å². The fourth-order valence-corrected chi connectivity index (χ4v) is 2.11. The van der Waals surface area contributed by atoms with Gasteiger partial charge < -0.3 is 19.1 Å². The molecule has 6 heteroatoms. The van der Waals surface area contributed by atoms with E-state index in [1.54, 1.807) is 12.0 Å². The first-order valence-corrected chi connectivity index (χ1v) is 8.48. The molecule has 0 saturated carbocycles. The van der Waals surface area contributed by atoms with Gasteiger partial charge in [0.15, 0.2) is 0 Å². The second-order valence-electron chi connectivity index (χ2n) is 6.71. The smallest absolute Gasteiger partial charge is 0.410 e. The Hall–Kier alpha value is -2.08. The molecule has 0 aromatic heterocycles. The maximum absolute atomic E-state index is 12.3. The molecule has 0 N–H and O–H groups in total. The van der Waals surface area contributed by atoms with Crippen molar-refractivity contribution in [2.24, 2.45) is 0 Å². The Morgan fingerprint density at radius 2 is 1.76 bits per heavy atom. The molecular formula is C19H29NO5. The summed E-state index contributed by atoms with van der Waals surface area (Å²) in [6.07, 6.45) is 0.358. The number of hydrogen-bond acceptors (Lipinski definition) is 5. The summed E-state index contributed by atoms with van der Waals surface area (Å²) < 4.78 is 15.6. The number of esters is 1. The van der Waals surface area contributed by atoms with Gasteiger partial charge in [0, 0.05) is 26.6 Å². The van der Waals surface area contributed by atoms with E-state index in [1.165, 1.54) is 0 Å². The highest BCUT2D eigenvalue weighted by Crippen LogP contribution is 2.10. The molecule has 0 atom stereocenters. The Kier molecular flexibility index (Phi) is 8.99. The van der Waals surface area contributed by atoms with Crippen LogP contribution < -0.4 is 0 Å². The maximum Gasteiger partial charge on any atom is 0.410 e. The molecule has 1 aromatic rings. The van der Waals surface area contributed by atoms with Crippen LogP contribution in [0.15, 0.2) is 30.3 Å². The molecule has 0 unspecified atom stereocenters. The minimum Gasteiger partial charge on any atom is -0.460 e. The number of benzene rings is 1. The predicted octanol–water partition coefficient (Wildman–Crippen LogP) is 3.39. The molecular weight excluding hydrogens is 322 g/mol. The van der Waals surface area contributed by atoms with Crippen LogP contribution in [0.1, 0.15) is 39.2 Å². The molecule has 6 nitrogen and oxygen atoms in total. The van der Waals surface area contributed by atoms with Crippen LogP contribution in [-0.4, -0.2) is 49.4 Å². The Morgan fingerprint density at radius 3 is 2.36 bits per heavy atom. The minimum absolute atomic E-state index is 0.217. The SMILES string of the molecule is COCCN(CCCC(=O)OC(C)(C)C)C(=O)OCc1ccccc1. The highest BCUT2D eigenvalue weighted by Gasteiger charge is 2.18. The van der Waals surface area contributed by atoms with Crippen molar-refractivity contribution in [3.05, 3.63) is 35.9 Å². The molecule has 1 amide bonds. The molecule has 0 aliphatic rings. The van der Waals surface area contributed by atoms with E-state index in [0.29, 0.717) is 26.1 Å². The van der Waals surface area contributed by atoms with Gasteiger partial charge in [0.2, 0.25) is 0 Å². The highest BCUT2D eigenvalue weighted by atomic mass is 16.6. The van der Waals surface area contributed by atoms with E-state index < -0.39 is 11.7 Å². The second-order valence-corrected chi connectivity index (χ2v) is 6.71. The summed E-state index contributed by atoms with van der Waals surface area (Å²) in [6.45, 7) is 6.95. The fourth-order valence-electron chi connectivity index (χ4n) is 2.11. The third-order valence-corrected chi connectivity index (χ3v) is 3.26. The van der Waals surface area contributed by atoms with Crippen molar-refractivity contribution in [1.82, 2.24) is 4.90 Å². The van der Waals surface area contributed by atoms with E-state index in [2.05, 4.69) is 0 Å². The van der Waals surface area contributed by atoms with Gasteiger partial charge >= 0.3 is 12.1 Å². The van der Waals surface area contributed by atoms with Crippen LogP contribution >= 0.6 is 0 Å². The lowest BCUT2D eigenvalue weighted by Crippen LogP contribution is -2.35. The molecule has 0 aliphatic carbocycles. The molecule has 0 saturated heterocycles. The van der Waals surface area contributed by atoms with Crippen molar-refractivity contribution in [3.63, 3.8) is 0 Å². The summed E-state index contributed by atoms with van der Waals surface area (Å²) >= 11 is 0. The van der Waals surface area contributed by atoms with Crippen LogP contribution in [-0.2, 0) is 25.6 Å². The summed E-state index contributed by atoms with van der Waals surface area (Å²) in [5.41, 5.74) is 0.429. The van der Waals surface area contributed by atoms with E-state index in [1.807, 2.05) is 51.1 Å². The lowest BCUT2D eigenvalue weighted by atomic mass is 10.2. The van der Waals surface area contributed by atoms with E-state index >= 15 is 0 Å². The first kappa shape index (κ1) is 21.0. The van der Waals surface area contributed by atoms with Gasteiger partial charge in [-0.2, -0.15) is 0 Å². The van der Waals surface area contributed by atoms with Crippen LogP contribution in [0.3, 0.4) is 0 Å². The van der Waals surface area contributed by atoms with Crippen molar-refractivity contribution < 1.29 is 23.8 Å². The average molecular weight is 351 g/mol. The largest absolute Gasteiger partial charge is 0.460 e. The molecule has 0 aliphatic heterocycles. The molecule has 0 radical (unpaired) electrons. The third-order valence-electron chi connectivity index (χ3n) is 3.26. The topological polar surface area (TPSA) is 65.1 Å². The van der Waals surface area contributed by atoms with Crippen molar-refractivity contribution in [2.45, 2.75) is 45.8 Å². The molecule has 0 heterocycles. The van der Waals surface area contributed by atoms with E-state index in [4.69, 9.17) is 14.2 Å². The summed E-state index contributed by atoms with van der Waals surface area (Å²) in [5, 5.41) is 0. The Balaban J connectivity index is 2.44. The molecule has 140 valence electrons. The highest BCUT2D eigenvalue weighted by molar-refractivity contribution is 5.70. The lowest BCUT2D eigenvalue weighted by Gasteiger charge is -2.23. The van der Waals surface area contributed by atoms with Crippen molar-refractivity contribution in [2.75, 3.05) is 26.8 Å². The van der Waals surface area contributed by atoms with Gasteiger partial charge in [0.1, 0.15) is 12.2 Å². The van der Waals surface area contributed by atoms with Gasteiger partial charge in [-0.15, -0.1) is 0 Å². The predicted molar refractivity (Wildman–Crippen MR) is 95.2 cm³/mol. The lowest BCUT2D eigenvalue weighted by molar-refractivity contribution is -0.155. The first-order chi connectivity index (χ1) is 11.8. The monoisotopic (exact) mass is 351 g/mol. The average Bonchev–Trinajstić information content (AvgIpc) is 2.55. The van der Waals surface area contributed by atoms with Crippen LogP contribution in [0, 0.1) is 0 Å². The molecule has 0 bridgehead atoms. The number of hydrogen-bond donors (Lipinski definition) is 0. The summed E-state index contributed by atoms with van der Waals surface area (Å²) in [5.74, 6) is -0.267. The maximum atomic E-state index is 12.3. The van der Waals surface area contributed by atoms with Crippen LogP contribution in [0.5, 0.6) is 0 Å². The van der Waals surface area contributed by atoms with Crippen molar-refractivity contribution in [1.29, 1.82) is 0 Å². The zero-order valence-electron chi connectivity index (χ0n) is 15.6. The number of ether oxygens (including phenoxy) is 3. The van der Waals surface area contributed by atoms with Gasteiger partial charge in [-0.05, 0) is 32.8 Å². The van der Waals surface area contributed by atoms with Crippen molar-refractivity contribution >= 4 is 12.1 Å². The van der Waals surface area contributed by atoms with Crippen LogP contribution in [0.25, 0.3) is 0 Å². The van der Waals surface area contributed by atoms with E-state index in [9.17, 15) is 9.59 Å². The zero-order valence-corrected chi connectivity index (χ0v) is 15.6. The Bertz CT molecular complexity index is 524. The fraction of sp³-hybridized carbons (Fsp3) is 0.579. The molecule has 0 spiro atoms. The standard InChI is InChI=1S/C19H29NO5/c1-19(2,3)25-17(21)11-8-12-20(13-14-23-4)18(22)24-15-16-9-6-5-7-10-16/h5-7,9-10H,8,11-15H2,1-4H3. The first-order valence-electron chi connectivity index (χ1n) is 8.48. The number of methoxy groups -OCH3 is 1. The summed E-state index contributed by atoms with van der Waals surface area (Å²) in [7, 11) is 1.58. The molecule has 1 rings (SSSR count). The van der Waals surface area contributed by atoms with Gasteiger partial charge in [-0.25, -0.2) is 4.79 Å². The Morgan fingerprint density at radius 1 is 1.08 bits per heavy atom. The number of nitrogens with zero attached hydrogens (tertiary/aromatic N) is 1. The minimum atomic E-state index is -0.499. The quantitative estimate of drug-likeness (QED) is 0.638. The second kappa shape index (κ2) is 10.7. The van der Waals surface area contributed by atoms with Gasteiger partial charge in [-0.3, -0.25) is 4.79 Å². The van der Waals surface area contributed by atoms with E-state index in [0.717, 1.165) is 5.56 Å². The molecule has 0 fully saturated rings.